The van der Waals surface area contributed by atoms with E-state index in [1.807, 2.05) is 25.1 Å². The fourth-order valence-corrected chi connectivity index (χ4v) is 2.41. The second-order valence-electron chi connectivity index (χ2n) is 6.11. The highest BCUT2D eigenvalue weighted by Gasteiger charge is 2.15. The summed E-state index contributed by atoms with van der Waals surface area (Å²) < 4.78 is 5.11. The number of aromatic nitrogens is 1. The predicted molar refractivity (Wildman–Crippen MR) is 90.0 cm³/mol. The second kappa shape index (κ2) is 8.36. The quantitative estimate of drug-likeness (QED) is 0.824. The lowest BCUT2D eigenvalue weighted by Crippen LogP contribution is -2.39. The highest BCUT2D eigenvalue weighted by atomic mass is 16.3. The van der Waals surface area contributed by atoms with Gasteiger partial charge in [0.2, 0.25) is 0 Å². The fraction of sp³-hybridized carbons (Fsp3) is 0.444. The predicted octanol–water partition coefficient (Wildman–Crippen LogP) is 3.30. The minimum absolute atomic E-state index is 0.175. The van der Waals surface area contributed by atoms with Gasteiger partial charge in [-0.1, -0.05) is 44.2 Å². The standard InChI is InChI=1S/C18H25N3O2/c1-13(2)16(9-15-7-5-4-6-8-15)10-19-18(22)20-11-17-14(3)23-12-21-17/h4-8,12-13,16H,9-11H2,1-3H3,(H2,19,20,22). The maximum absolute atomic E-state index is 11.9. The van der Waals surface area contributed by atoms with E-state index in [1.165, 1.54) is 12.0 Å². The molecular formula is C18H25N3O2. The van der Waals surface area contributed by atoms with Gasteiger partial charge >= 0.3 is 6.03 Å². The molecule has 5 heteroatoms. The van der Waals surface area contributed by atoms with Crippen LogP contribution in [0.5, 0.6) is 0 Å². The molecule has 23 heavy (non-hydrogen) atoms. The Hall–Kier alpha value is -2.30. The molecule has 0 bridgehead atoms. The molecule has 2 aromatic rings. The number of amides is 2. The molecule has 0 saturated heterocycles. The van der Waals surface area contributed by atoms with Crippen molar-refractivity contribution in [2.75, 3.05) is 6.54 Å². The largest absolute Gasteiger partial charge is 0.448 e. The highest BCUT2D eigenvalue weighted by Crippen LogP contribution is 2.16. The number of hydrogen-bond donors (Lipinski definition) is 2. The zero-order chi connectivity index (χ0) is 16.7. The molecule has 0 radical (unpaired) electrons. The van der Waals surface area contributed by atoms with Gasteiger partial charge in [-0.15, -0.1) is 0 Å². The Morgan fingerprint density at radius 3 is 2.57 bits per heavy atom. The summed E-state index contributed by atoms with van der Waals surface area (Å²) in [5, 5.41) is 5.77. The summed E-state index contributed by atoms with van der Waals surface area (Å²) in [5.74, 6) is 1.62. The molecule has 1 heterocycles. The number of oxazole rings is 1. The molecule has 5 nitrogen and oxygen atoms in total. The number of nitrogens with one attached hydrogen (secondary N) is 2. The summed E-state index contributed by atoms with van der Waals surface area (Å²) in [6.45, 7) is 7.23. The van der Waals surface area contributed by atoms with E-state index < -0.39 is 0 Å². The van der Waals surface area contributed by atoms with Gasteiger partial charge < -0.3 is 15.1 Å². The monoisotopic (exact) mass is 315 g/mol. The molecule has 2 amide bonds. The molecule has 1 aromatic heterocycles. The molecule has 2 N–H and O–H groups in total. The van der Waals surface area contributed by atoms with Crippen molar-refractivity contribution >= 4 is 6.03 Å². The van der Waals surface area contributed by atoms with Crippen molar-refractivity contribution in [3.63, 3.8) is 0 Å². The van der Waals surface area contributed by atoms with Gasteiger partial charge in [0, 0.05) is 6.54 Å². The summed E-state index contributed by atoms with van der Waals surface area (Å²) in [4.78, 5) is 16.0. The Morgan fingerprint density at radius 2 is 1.96 bits per heavy atom. The smallest absolute Gasteiger partial charge is 0.315 e. The maximum Gasteiger partial charge on any atom is 0.315 e. The van der Waals surface area contributed by atoms with Gasteiger partial charge in [-0.25, -0.2) is 9.78 Å². The van der Waals surface area contributed by atoms with Crippen LogP contribution in [0.15, 0.2) is 41.1 Å². The van der Waals surface area contributed by atoms with E-state index in [9.17, 15) is 4.79 Å². The van der Waals surface area contributed by atoms with Crippen molar-refractivity contribution in [2.24, 2.45) is 11.8 Å². The molecule has 1 aromatic carbocycles. The minimum Gasteiger partial charge on any atom is -0.448 e. The van der Waals surface area contributed by atoms with E-state index in [2.05, 4.69) is 41.6 Å². The number of carbonyl (C=O) groups is 1. The van der Waals surface area contributed by atoms with Crippen molar-refractivity contribution in [2.45, 2.75) is 33.7 Å². The zero-order valence-electron chi connectivity index (χ0n) is 14.0. The first-order valence-corrected chi connectivity index (χ1v) is 8.01. The van der Waals surface area contributed by atoms with Crippen LogP contribution in [0.1, 0.15) is 30.9 Å². The number of hydrogen-bond acceptors (Lipinski definition) is 3. The Balaban J connectivity index is 1.79. The Labute approximate surface area is 137 Å². The SMILES string of the molecule is Cc1ocnc1CNC(=O)NCC(Cc1ccccc1)C(C)C. The summed E-state index contributed by atoms with van der Waals surface area (Å²) in [6, 6.07) is 10.2. The van der Waals surface area contributed by atoms with Crippen molar-refractivity contribution < 1.29 is 9.21 Å². The van der Waals surface area contributed by atoms with Gasteiger partial charge in [0.25, 0.3) is 0 Å². The van der Waals surface area contributed by atoms with Crippen LogP contribution in [0.3, 0.4) is 0 Å². The molecule has 0 fully saturated rings. The molecule has 1 unspecified atom stereocenters. The van der Waals surface area contributed by atoms with Crippen LogP contribution in [0.2, 0.25) is 0 Å². The van der Waals surface area contributed by atoms with Crippen LogP contribution in [-0.4, -0.2) is 17.6 Å². The number of urea groups is 1. The van der Waals surface area contributed by atoms with E-state index in [4.69, 9.17) is 4.42 Å². The third kappa shape index (κ3) is 5.43. The summed E-state index contributed by atoms with van der Waals surface area (Å²) in [7, 11) is 0. The number of carbonyl (C=O) groups excluding carboxylic acids is 1. The van der Waals surface area contributed by atoms with Crippen molar-refractivity contribution in [3.8, 4) is 0 Å². The highest BCUT2D eigenvalue weighted by molar-refractivity contribution is 5.73. The van der Waals surface area contributed by atoms with Gasteiger partial charge in [-0.2, -0.15) is 0 Å². The lowest BCUT2D eigenvalue weighted by atomic mass is 9.89. The van der Waals surface area contributed by atoms with Crippen LogP contribution in [-0.2, 0) is 13.0 Å². The number of nitrogens with zero attached hydrogens (tertiary/aromatic N) is 1. The average Bonchev–Trinajstić information content (AvgIpc) is 2.95. The van der Waals surface area contributed by atoms with E-state index in [0.717, 1.165) is 17.9 Å². The van der Waals surface area contributed by atoms with E-state index in [1.54, 1.807) is 0 Å². The first-order chi connectivity index (χ1) is 11.1. The van der Waals surface area contributed by atoms with Crippen LogP contribution >= 0.6 is 0 Å². The summed E-state index contributed by atoms with van der Waals surface area (Å²) in [6.07, 6.45) is 2.35. The van der Waals surface area contributed by atoms with Crippen molar-refractivity contribution in [1.82, 2.24) is 15.6 Å². The first-order valence-electron chi connectivity index (χ1n) is 8.01. The van der Waals surface area contributed by atoms with Crippen LogP contribution < -0.4 is 10.6 Å². The number of rotatable bonds is 7. The van der Waals surface area contributed by atoms with E-state index in [-0.39, 0.29) is 6.03 Å². The fourth-order valence-electron chi connectivity index (χ4n) is 2.41. The van der Waals surface area contributed by atoms with Gasteiger partial charge in [0.15, 0.2) is 6.39 Å². The van der Waals surface area contributed by atoms with Crippen LogP contribution in [0.4, 0.5) is 4.79 Å². The van der Waals surface area contributed by atoms with Crippen molar-refractivity contribution in [3.05, 3.63) is 53.7 Å². The third-order valence-electron chi connectivity index (χ3n) is 4.07. The maximum atomic E-state index is 11.9. The summed E-state index contributed by atoms with van der Waals surface area (Å²) >= 11 is 0. The van der Waals surface area contributed by atoms with E-state index in [0.29, 0.717) is 24.9 Å². The number of aryl methyl sites for hydroxylation is 1. The van der Waals surface area contributed by atoms with Gasteiger partial charge in [-0.3, -0.25) is 0 Å². The molecule has 0 spiro atoms. The molecule has 124 valence electrons. The number of benzene rings is 1. The van der Waals surface area contributed by atoms with E-state index >= 15 is 0 Å². The minimum atomic E-state index is -0.175. The van der Waals surface area contributed by atoms with Gasteiger partial charge in [-0.05, 0) is 30.7 Å². The lowest BCUT2D eigenvalue weighted by molar-refractivity contribution is 0.236. The molecule has 0 aliphatic carbocycles. The third-order valence-corrected chi connectivity index (χ3v) is 4.07. The molecule has 2 rings (SSSR count). The van der Waals surface area contributed by atoms with Crippen molar-refractivity contribution in [1.29, 1.82) is 0 Å². The van der Waals surface area contributed by atoms with Crippen LogP contribution in [0.25, 0.3) is 0 Å². The average molecular weight is 315 g/mol. The molecular weight excluding hydrogens is 290 g/mol. The molecule has 1 atom stereocenters. The Morgan fingerprint density at radius 1 is 1.22 bits per heavy atom. The topological polar surface area (TPSA) is 67.2 Å². The Kier molecular flexibility index (Phi) is 6.20. The van der Waals surface area contributed by atoms with Gasteiger partial charge in [0.1, 0.15) is 11.5 Å². The van der Waals surface area contributed by atoms with Crippen LogP contribution in [0, 0.1) is 18.8 Å². The second-order valence-corrected chi connectivity index (χ2v) is 6.11. The Bertz CT molecular complexity index is 608. The normalized spacial score (nSPS) is 12.2. The zero-order valence-corrected chi connectivity index (χ0v) is 14.0. The molecule has 0 aliphatic heterocycles. The van der Waals surface area contributed by atoms with Gasteiger partial charge in [0.05, 0.1) is 6.54 Å². The molecule has 0 aliphatic rings. The molecule has 0 saturated carbocycles. The lowest BCUT2D eigenvalue weighted by Gasteiger charge is -2.21. The first kappa shape index (κ1) is 17.1. The summed E-state index contributed by atoms with van der Waals surface area (Å²) in [5.41, 5.74) is 2.05.